The van der Waals surface area contributed by atoms with Gasteiger partial charge in [-0.1, -0.05) is 43.6 Å². The molecule has 0 saturated heterocycles. The predicted octanol–water partition coefficient (Wildman–Crippen LogP) is 2.67. The van der Waals surface area contributed by atoms with Crippen molar-refractivity contribution in [2.45, 2.75) is 71.6 Å². The van der Waals surface area contributed by atoms with Crippen LogP contribution in [0.25, 0.3) is 0 Å². The minimum absolute atomic E-state index is 0.0195. The molecule has 0 amide bonds. The Labute approximate surface area is 179 Å². The maximum atomic E-state index is 13.3. The van der Waals surface area contributed by atoms with Crippen LogP contribution in [0.4, 0.5) is 0 Å². The van der Waals surface area contributed by atoms with E-state index in [1.54, 1.807) is 0 Å². The number of esters is 3. The second kappa shape index (κ2) is 7.06. The summed E-state index contributed by atoms with van der Waals surface area (Å²) in [6, 6.07) is 0. The molecule has 0 radical (unpaired) electrons. The number of fused-ring (bicyclic) bond motifs is 3. The number of halogens is 1. The number of ketones is 1. The van der Waals surface area contributed by atoms with Crippen molar-refractivity contribution in [3.05, 3.63) is 0 Å². The zero-order valence-electron chi connectivity index (χ0n) is 17.9. The summed E-state index contributed by atoms with van der Waals surface area (Å²) < 4.78 is 17.1. The highest BCUT2D eigenvalue weighted by Crippen LogP contribution is 2.74. The zero-order chi connectivity index (χ0) is 22.0. The van der Waals surface area contributed by atoms with Crippen molar-refractivity contribution in [3.8, 4) is 0 Å². The summed E-state index contributed by atoms with van der Waals surface area (Å²) in [4.78, 5) is 49.0. The molecule has 0 spiro atoms. The van der Waals surface area contributed by atoms with Crippen LogP contribution in [-0.4, -0.2) is 46.8 Å². The van der Waals surface area contributed by atoms with Crippen LogP contribution in [0.5, 0.6) is 0 Å². The molecule has 0 aromatic rings. The number of ether oxygens (including phenoxy) is 3. The Bertz CT molecular complexity index is 762. The van der Waals surface area contributed by atoms with E-state index >= 15 is 0 Å². The van der Waals surface area contributed by atoms with Gasteiger partial charge >= 0.3 is 17.9 Å². The van der Waals surface area contributed by atoms with E-state index in [-0.39, 0.29) is 28.4 Å². The van der Waals surface area contributed by atoms with Crippen molar-refractivity contribution in [3.63, 3.8) is 0 Å². The van der Waals surface area contributed by atoms with E-state index in [9.17, 15) is 19.2 Å². The van der Waals surface area contributed by atoms with E-state index in [1.165, 1.54) is 20.8 Å². The minimum atomic E-state index is -0.996. The normalized spacial score (nSPS) is 44.8. The molecule has 0 aromatic heterocycles. The first kappa shape index (κ1) is 22.2. The molecular formula is C21H29BrO7. The molecule has 29 heavy (non-hydrogen) atoms. The number of carbonyl (C=O) groups is 4. The van der Waals surface area contributed by atoms with E-state index in [1.807, 2.05) is 27.7 Å². The topological polar surface area (TPSA) is 96.0 Å². The molecule has 4 rings (SSSR count). The first-order valence-corrected chi connectivity index (χ1v) is 10.9. The van der Waals surface area contributed by atoms with E-state index < -0.39 is 53.0 Å². The van der Waals surface area contributed by atoms with Crippen LogP contribution in [-0.2, 0) is 33.4 Å². The van der Waals surface area contributed by atoms with Crippen LogP contribution < -0.4 is 0 Å². The second-order valence-electron chi connectivity index (χ2n) is 9.51. The Hall–Kier alpha value is -1.44. The molecule has 0 aliphatic heterocycles. The lowest BCUT2D eigenvalue weighted by molar-refractivity contribution is -0.241. The van der Waals surface area contributed by atoms with Crippen molar-refractivity contribution in [1.82, 2.24) is 0 Å². The second-order valence-corrected chi connectivity index (χ2v) is 10.5. The first-order valence-electron chi connectivity index (χ1n) is 9.95. The average Bonchev–Trinajstić information content (AvgIpc) is 2.65. The number of carbonyl (C=O) groups excluding carboxylic acids is 4. The zero-order valence-corrected chi connectivity index (χ0v) is 19.4. The van der Waals surface area contributed by atoms with Gasteiger partial charge in [-0.05, 0) is 17.8 Å². The largest absolute Gasteiger partial charge is 0.458 e. The molecule has 4 bridgehead atoms. The molecule has 0 unspecified atom stereocenters. The van der Waals surface area contributed by atoms with Crippen LogP contribution >= 0.6 is 15.9 Å². The Morgan fingerprint density at radius 1 is 0.862 bits per heavy atom. The highest BCUT2D eigenvalue weighted by Gasteiger charge is 2.79. The maximum absolute atomic E-state index is 13.3. The van der Waals surface area contributed by atoms with Gasteiger partial charge in [0.2, 0.25) is 0 Å². The third-order valence-electron chi connectivity index (χ3n) is 7.43. The minimum Gasteiger partial charge on any atom is -0.458 e. The Balaban J connectivity index is 2.23. The summed E-state index contributed by atoms with van der Waals surface area (Å²) in [5, 5.41) is 0. The number of hydrogen-bond donors (Lipinski definition) is 0. The fourth-order valence-corrected chi connectivity index (χ4v) is 7.14. The summed E-state index contributed by atoms with van der Waals surface area (Å²) in [7, 11) is 0. The van der Waals surface area contributed by atoms with Crippen LogP contribution in [0.3, 0.4) is 0 Å². The van der Waals surface area contributed by atoms with Crippen LogP contribution in [0.2, 0.25) is 0 Å². The number of Topliss-reactive ketones (excluding diaryl/α,β-unsaturated/α-hetero) is 1. The number of alkyl halides is 1. The van der Waals surface area contributed by atoms with Gasteiger partial charge in [0.1, 0.15) is 12.2 Å². The SMILES string of the molecule is CC(=O)O[C@@H]1[C@@H](OC(C)=O)C(C)(C)[C@H]2[C@@H]3[C@H](C)[C@@H](Br)C(=O)[C@H]2[C@]3(C)[C@@H]1OC(C)=O. The molecule has 0 heterocycles. The third-order valence-corrected chi connectivity index (χ3v) is 8.72. The molecule has 0 aromatic carbocycles. The van der Waals surface area contributed by atoms with Crippen LogP contribution in [0.15, 0.2) is 0 Å². The first-order chi connectivity index (χ1) is 13.3. The monoisotopic (exact) mass is 472 g/mol. The lowest BCUT2D eigenvalue weighted by Gasteiger charge is -2.69. The van der Waals surface area contributed by atoms with E-state index in [0.717, 1.165) is 0 Å². The van der Waals surface area contributed by atoms with Crippen molar-refractivity contribution in [1.29, 1.82) is 0 Å². The fourth-order valence-electron chi connectivity index (χ4n) is 6.53. The molecule has 7 nitrogen and oxygen atoms in total. The standard InChI is InChI=1S/C21H29BrO7/c1-8-12-13-14(16(26)15(8)22)21(12,7)19(29-11(4)25)17(27-9(2)23)18(20(13,5)6)28-10(3)24/h8,12-15,17-19H,1-7H3/t8-,12-,13-,14-,15+,17+,18+,19+,21+/m0/s1. The summed E-state index contributed by atoms with van der Waals surface area (Å²) in [5.41, 5.74) is -1.39. The van der Waals surface area contributed by atoms with E-state index in [0.29, 0.717) is 0 Å². The predicted molar refractivity (Wildman–Crippen MR) is 106 cm³/mol. The summed E-state index contributed by atoms with van der Waals surface area (Å²) >= 11 is 3.54. The van der Waals surface area contributed by atoms with Crippen molar-refractivity contribution in [2.24, 2.45) is 34.5 Å². The number of rotatable bonds is 3. The molecular weight excluding hydrogens is 444 g/mol. The fraction of sp³-hybridized carbons (Fsp3) is 0.810. The van der Waals surface area contributed by atoms with Gasteiger partial charge in [-0.25, -0.2) is 0 Å². The van der Waals surface area contributed by atoms with Crippen molar-refractivity contribution < 1.29 is 33.4 Å². The van der Waals surface area contributed by atoms with Crippen LogP contribution in [0, 0.1) is 34.5 Å². The van der Waals surface area contributed by atoms with Crippen molar-refractivity contribution >= 4 is 39.6 Å². The molecule has 4 saturated carbocycles. The molecule has 8 heteroatoms. The Morgan fingerprint density at radius 2 is 1.34 bits per heavy atom. The van der Waals surface area contributed by atoms with Crippen LogP contribution in [0.1, 0.15) is 48.5 Å². The van der Waals surface area contributed by atoms with E-state index in [2.05, 4.69) is 15.9 Å². The molecule has 9 atom stereocenters. The smallest absolute Gasteiger partial charge is 0.303 e. The van der Waals surface area contributed by atoms with Gasteiger partial charge in [0.25, 0.3) is 0 Å². The Morgan fingerprint density at radius 3 is 1.79 bits per heavy atom. The van der Waals surface area contributed by atoms with Crippen molar-refractivity contribution in [2.75, 3.05) is 0 Å². The molecule has 4 fully saturated rings. The molecule has 162 valence electrons. The van der Waals surface area contributed by atoms with Gasteiger partial charge in [-0.3, -0.25) is 19.2 Å². The van der Waals surface area contributed by atoms with Gasteiger partial charge in [-0.15, -0.1) is 0 Å². The van der Waals surface area contributed by atoms with Gasteiger partial charge in [-0.2, -0.15) is 0 Å². The highest BCUT2D eigenvalue weighted by molar-refractivity contribution is 9.10. The quantitative estimate of drug-likeness (QED) is 0.353. The Kier molecular flexibility index (Phi) is 5.42. The summed E-state index contributed by atoms with van der Waals surface area (Å²) in [6.45, 7) is 11.7. The maximum Gasteiger partial charge on any atom is 0.303 e. The molecule has 0 N–H and O–H groups in total. The van der Waals surface area contributed by atoms with Gasteiger partial charge in [0.15, 0.2) is 11.9 Å². The molecule has 4 aliphatic carbocycles. The molecule has 4 aliphatic rings. The third kappa shape index (κ3) is 3.04. The summed E-state index contributed by atoms with van der Waals surface area (Å²) in [6.07, 6.45) is -2.74. The van der Waals surface area contributed by atoms with E-state index in [4.69, 9.17) is 14.2 Å². The number of hydrogen-bond acceptors (Lipinski definition) is 7. The lowest BCUT2D eigenvalue weighted by Crippen LogP contribution is -2.73. The highest BCUT2D eigenvalue weighted by atomic mass is 79.9. The lowest BCUT2D eigenvalue weighted by atomic mass is 9.35. The van der Waals surface area contributed by atoms with Gasteiger partial charge in [0, 0.05) is 37.5 Å². The van der Waals surface area contributed by atoms with Gasteiger partial charge < -0.3 is 14.2 Å². The summed E-state index contributed by atoms with van der Waals surface area (Å²) in [5.74, 6) is -2.05. The average molecular weight is 473 g/mol. The van der Waals surface area contributed by atoms with Gasteiger partial charge in [0.05, 0.1) is 4.83 Å².